The van der Waals surface area contributed by atoms with Crippen LogP contribution in [0.25, 0.3) is 0 Å². The molecule has 0 spiro atoms. The van der Waals surface area contributed by atoms with E-state index in [0.717, 1.165) is 10.7 Å². The number of rotatable bonds is 6. The van der Waals surface area contributed by atoms with Crippen LogP contribution < -0.4 is 11.1 Å². The Morgan fingerprint density at radius 2 is 2.16 bits per heavy atom. The first-order chi connectivity index (χ1) is 8.87. The molecule has 6 heteroatoms. The lowest BCUT2D eigenvalue weighted by Gasteiger charge is -2.30. The molecule has 19 heavy (non-hydrogen) atoms. The lowest BCUT2D eigenvalue weighted by Crippen LogP contribution is -2.48. The van der Waals surface area contributed by atoms with Gasteiger partial charge in [-0.15, -0.1) is 11.3 Å². The van der Waals surface area contributed by atoms with Gasteiger partial charge in [-0.1, -0.05) is 26.1 Å². The Morgan fingerprint density at radius 3 is 2.53 bits per heavy atom. The summed E-state index contributed by atoms with van der Waals surface area (Å²) in [6, 6.07) is -0.127. The zero-order valence-corrected chi connectivity index (χ0v) is 13.5. The van der Waals surface area contributed by atoms with Crippen LogP contribution in [0.3, 0.4) is 0 Å². The number of amides is 1. The summed E-state index contributed by atoms with van der Waals surface area (Å²) in [5.74, 6) is -0.106. The summed E-state index contributed by atoms with van der Waals surface area (Å²) < 4.78 is 0. The molecule has 1 heterocycles. The maximum absolute atomic E-state index is 12.5. The van der Waals surface area contributed by atoms with Gasteiger partial charge in [0.2, 0.25) is 5.91 Å². The van der Waals surface area contributed by atoms with Crippen LogP contribution in [-0.4, -0.2) is 15.9 Å². The highest BCUT2D eigenvalue weighted by molar-refractivity contribution is 7.80. The third kappa shape index (κ3) is 3.30. The number of carbonyl (C=O) groups excluding carboxylic acids is 1. The molecule has 0 aliphatic heterocycles. The molecule has 0 bridgehead atoms. The van der Waals surface area contributed by atoms with Gasteiger partial charge in [0.1, 0.15) is 5.01 Å². The summed E-state index contributed by atoms with van der Waals surface area (Å²) in [6.07, 6.45) is 1.21. The molecule has 0 fully saturated rings. The van der Waals surface area contributed by atoms with Crippen LogP contribution >= 0.6 is 23.6 Å². The lowest BCUT2D eigenvalue weighted by atomic mass is 9.81. The van der Waals surface area contributed by atoms with Crippen molar-refractivity contribution in [3.05, 3.63) is 16.1 Å². The third-order valence-electron chi connectivity index (χ3n) is 3.47. The van der Waals surface area contributed by atoms with Crippen molar-refractivity contribution in [3.8, 4) is 0 Å². The molecule has 1 atom stereocenters. The number of aromatic nitrogens is 1. The van der Waals surface area contributed by atoms with Crippen LogP contribution in [0.5, 0.6) is 0 Å². The molecule has 106 valence electrons. The van der Waals surface area contributed by atoms with Crippen molar-refractivity contribution in [2.45, 2.75) is 46.6 Å². The fraction of sp³-hybridized carbons (Fsp3) is 0.615. The summed E-state index contributed by atoms with van der Waals surface area (Å²) >= 11 is 6.63. The van der Waals surface area contributed by atoms with Crippen molar-refractivity contribution in [2.24, 2.45) is 11.1 Å². The number of nitrogens with one attached hydrogen (secondary N) is 1. The monoisotopic (exact) mass is 299 g/mol. The minimum Gasteiger partial charge on any atom is -0.392 e. The van der Waals surface area contributed by atoms with E-state index >= 15 is 0 Å². The molecule has 1 aromatic heterocycles. The number of thiocarbonyl (C=S) groups is 1. The van der Waals surface area contributed by atoms with Gasteiger partial charge in [0, 0.05) is 11.1 Å². The molecule has 0 aliphatic rings. The third-order valence-corrected chi connectivity index (χ3v) is 5.00. The van der Waals surface area contributed by atoms with Crippen molar-refractivity contribution < 1.29 is 4.79 Å². The number of nitrogens with zero attached hydrogens (tertiary/aromatic N) is 1. The van der Waals surface area contributed by atoms with Crippen LogP contribution in [0.2, 0.25) is 0 Å². The van der Waals surface area contributed by atoms with E-state index in [2.05, 4.69) is 10.3 Å². The Balaban J connectivity index is 2.86. The van der Waals surface area contributed by atoms with Gasteiger partial charge in [-0.3, -0.25) is 4.79 Å². The standard InChI is InChI=1S/C13H21N3OS2/c1-5-13(6-2,11(14)18)12(17)16-9(4)10-15-8(3)7-19-10/h7,9H,5-6H2,1-4H3,(H2,14,18)(H,16,17). The number of nitrogens with two attached hydrogens (primary N) is 1. The molecule has 0 aliphatic carbocycles. The molecule has 1 rings (SSSR count). The molecule has 1 aromatic rings. The SMILES string of the molecule is CCC(CC)(C(=O)NC(C)c1nc(C)cs1)C(N)=S. The summed E-state index contributed by atoms with van der Waals surface area (Å²) in [5.41, 5.74) is 5.98. The van der Waals surface area contributed by atoms with Gasteiger partial charge in [-0.2, -0.15) is 0 Å². The molecular weight excluding hydrogens is 278 g/mol. The highest BCUT2D eigenvalue weighted by atomic mass is 32.1. The van der Waals surface area contributed by atoms with E-state index in [1.165, 1.54) is 0 Å². The van der Waals surface area contributed by atoms with Gasteiger partial charge < -0.3 is 11.1 Å². The van der Waals surface area contributed by atoms with Crippen molar-refractivity contribution in [1.29, 1.82) is 0 Å². The van der Waals surface area contributed by atoms with Crippen LogP contribution in [0, 0.1) is 12.3 Å². The molecule has 0 saturated heterocycles. The smallest absolute Gasteiger partial charge is 0.233 e. The molecule has 4 nitrogen and oxygen atoms in total. The number of thiazole rings is 1. The van der Waals surface area contributed by atoms with Crippen LogP contribution in [0.4, 0.5) is 0 Å². The van der Waals surface area contributed by atoms with Gasteiger partial charge in [0.15, 0.2) is 0 Å². The van der Waals surface area contributed by atoms with Gasteiger partial charge in [0.05, 0.1) is 16.4 Å². The predicted molar refractivity (Wildman–Crippen MR) is 83.2 cm³/mol. The minimum atomic E-state index is -0.754. The summed E-state index contributed by atoms with van der Waals surface area (Å²) in [4.78, 5) is 17.1. The van der Waals surface area contributed by atoms with E-state index in [1.807, 2.05) is 33.1 Å². The van der Waals surface area contributed by atoms with Crippen molar-refractivity contribution in [3.63, 3.8) is 0 Å². The molecule has 1 unspecified atom stereocenters. The second-order valence-electron chi connectivity index (χ2n) is 4.68. The van der Waals surface area contributed by atoms with E-state index in [0.29, 0.717) is 12.8 Å². The maximum Gasteiger partial charge on any atom is 0.233 e. The van der Waals surface area contributed by atoms with Gasteiger partial charge in [-0.05, 0) is 26.7 Å². The fourth-order valence-electron chi connectivity index (χ4n) is 2.00. The summed E-state index contributed by atoms with van der Waals surface area (Å²) in [6.45, 7) is 7.72. The molecule has 0 radical (unpaired) electrons. The van der Waals surface area contributed by atoms with Crippen LogP contribution in [0.15, 0.2) is 5.38 Å². The molecular formula is C13H21N3OS2. The average Bonchev–Trinajstić information content (AvgIpc) is 2.77. The van der Waals surface area contributed by atoms with E-state index < -0.39 is 5.41 Å². The largest absolute Gasteiger partial charge is 0.392 e. The van der Waals surface area contributed by atoms with E-state index in [-0.39, 0.29) is 16.9 Å². The summed E-state index contributed by atoms with van der Waals surface area (Å²) in [5, 5.41) is 5.84. The van der Waals surface area contributed by atoms with E-state index in [4.69, 9.17) is 18.0 Å². The van der Waals surface area contributed by atoms with Crippen LogP contribution in [0.1, 0.15) is 50.4 Å². The van der Waals surface area contributed by atoms with Crippen molar-refractivity contribution >= 4 is 34.5 Å². The highest BCUT2D eigenvalue weighted by Crippen LogP contribution is 2.29. The minimum absolute atomic E-state index is 0.106. The molecule has 0 aromatic carbocycles. The Kier molecular flexibility index (Phi) is 5.43. The van der Waals surface area contributed by atoms with Gasteiger partial charge in [0.25, 0.3) is 0 Å². The van der Waals surface area contributed by atoms with Crippen molar-refractivity contribution in [1.82, 2.24) is 10.3 Å². The lowest BCUT2D eigenvalue weighted by molar-refractivity contribution is -0.128. The second-order valence-corrected chi connectivity index (χ2v) is 6.01. The number of hydrogen-bond acceptors (Lipinski definition) is 4. The quantitative estimate of drug-likeness (QED) is 0.793. The Labute approximate surface area is 123 Å². The fourth-order valence-corrected chi connectivity index (χ4v) is 3.18. The second kappa shape index (κ2) is 6.43. The maximum atomic E-state index is 12.5. The average molecular weight is 299 g/mol. The van der Waals surface area contributed by atoms with Crippen LogP contribution in [-0.2, 0) is 4.79 Å². The topological polar surface area (TPSA) is 68.0 Å². The molecule has 3 N–H and O–H groups in total. The number of carbonyl (C=O) groups is 1. The first-order valence-corrected chi connectivity index (χ1v) is 7.69. The molecule has 1 amide bonds. The Bertz CT molecular complexity index is 466. The zero-order valence-electron chi connectivity index (χ0n) is 11.8. The Morgan fingerprint density at radius 1 is 1.58 bits per heavy atom. The zero-order chi connectivity index (χ0) is 14.6. The Hall–Kier alpha value is -1.01. The first kappa shape index (κ1) is 16.0. The number of aryl methyl sites for hydroxylation is 1. The van der Waals surface area contributed by atoms with Crippen molar-refractivity contribution in [2.75, 3.05) is 0 Å². The highest BCUT2D eigenvalue weighted by Gasteiger charge is 2.38. The predicted octanol–water partition coefficient (Wildman–Crippen LogP) is 2.72. The van der Waals surface area contributed by atoms with E-state index in [1.54, 1.807) is 11.3 Å². The first-order valence-electron chi connectivity index (χ1n) is 6.40. The van der Waals surface area contributed by atoms with E-state index in [9.17, 15) is 4.79 Å². The number of hydrogen-bond donors (Lipinski definition) is 2. The summed E-state index contributed by atoms with van der Waals surface area (Å²) in [7, 11) is 0. The van der Waals surface area contributed by atoms with Gasteiger partial charge >= 0.3 is 0 Å². The van der Waals surface area contributed by atoms with Gasteiger partial charge in [-0.25, -0.2) is 4.98 Å². The normalized spacial score (nSPS) is 13.1. The molecule has 0 saturated carbocycles.